The molecule has 0 saturated heterocycles. The van der Waals surface area contributed by atoms with Crippen LogP contribution in [0, 0.1) is 0 Å². The molecule has 0 fully saturated rings. The van der Waals surface area contributed by atoms with Crippen LogP contribution in [0.25, 0.3) is 0 Å². The van der Waals surface area contributed by atoms with E-state index in [0.29, 0.717) is 30.3 Å². The fourth-order valence-electron chi connectivity index (χ4n) is 2.17. The van der Waals surface area contributed by atoms with Gasteiger partial charge in [0.25, 0.3) is 11.8 Å². The van der Waals surface area contributed by atoms with Gasteiger partial charge in [0.05, 0.1) is 13.7 Å². The number of rotatable bonds is 7. The molecule has 0 spiro atoms. The average molecular weight is 331 g/mol. The van der Waals surface area contributed by atoms with E-state index >= 15 is 0 Å². The van der Waals surface area contributed by atoms with Gasteiger partial charge < -0.3 is 19.4 Å². The molecule has 0 aliphatic rings. The highest BCUT2D eigenvalue weighted by Crippen LogP contribution is 2.16. The Morgan fingerprint density at radius 3 is 2.79 bits per heavy atom. The maximum Gasteiger partial charge on any atom is 0.273 e. The lowest BCUT2D eigenvalue weighted by atomic mass is 10.2. The van der Waals surface area contributed by atoms with Gasteiger partial charge in [0.15, 0.2) is 5.69 Å². The highest BCUT2D eigenvalue weighted by Gasteiger charge is 2.19. The van der Waals surface area contributed by atoms with Crippen molar-refractivity contribution in [1.82, 2.24) is 15.2 Å². The summed E-state index contributed by atoms with van der Waals surface area (Å²) in [5, 5.41) is 2.65. The number of hydrogen-bond acceptors (Lipinski definition) is 5. The molecule has 2 rings (SSSR count). The van der Waals surface area contributed by atoms with Crippen LogP contribution in [0.2, 0.25) is 0 Å². The molecule has 0 bridgehead atoms. The molecule has 7 nitrogen and oxygen atoms in total. The van der Waals surface area contributed by atoms with Gasteiger partial charge in [-0.3, -0.25) is 9.59 Å². The number of benzene rings is 1. The predicted molar refractivity (Wildman–Crippen MR) is 87.9 cm³/mol. The van der Waals surface area contributed by atoms with E-state index in [4.69, 9.17) is 9.15 Å². The molecule has 0 atom stereocenters. The Morgan fingerprint density at radius 1 is 1.33 bits per heavy atom. The first-order valence-corrected chi connectivity index (χ1v) is 7.75. The minimum absolute atomic E-state index is 0.158. The second kappa shape index (κ2) is 8.14. The molecule has 0 saturated carbocycles. The van der Waals surface area contributed by atoms with Crippen molar-refractivity contribution >= 4 is 11.8 Å². The van der Waals surface area contributed by atoms with E-state index < -0.39 is 0 Å². The summed E-state index contributed by atoms with van der Waals surface area (Å²) >= 11 is 0. The quantitative estimate of drug-likeness (QED) is 0.840. The van der Waals surface area contributed by atoms with Crippen molar-refractivity contribution in [3.8, 4) is 5.75 Å². The van der Waals surface area contributed by atoms with Crippen LogP contribution in [0.1, 0.15) is 40.6 Å². The summed E-state index contributed by atoms with van der Waals surface area (Å²) in [6.07, 6.45) is 1.30. The number of methoxy groups -OCH3 is 1. The summed E-state index contributed by atoms with van der Waals surface area (Å²) in [5.74, 6) is 0.477. The minimum Gasteiger partial charge on any atom is -0.497 e. The normalized spacial score (nSPS) is 10.3. The lowest BCUT2D eigenvalue weighted by molar-refractivity contribution is 0.0738. The molecule has 24 heavy (non-hydrogen) atoms. The molecule has 2 amide bonds. The van der Waals surface area contributed by atoms with Gasteiger partial charge in [0.2, 0.25) is 5.89 Å². The van der Waals surface area contributed by atoms with Gasteiger partial charge in [-0.2, -0.15) is 0 Å². The first-order valence-electron chi connectivity index (χ1n) is 7.75. The number of hydrogen-bond donors (Lipinski definition) is 1. The third-order valence-corrected chi connectivity index (χ3v) is 3.43. The van der Waals surface area contributed by atoms with Gasteiger partial charge in [0, 0.05) is 18.7 Å². The van der Waals surface area contributed by atoms with E-state index in [1.165, 1.54) is 6.26 Å². The van der Waals surface area contributed by atoms with Crippen molar-refractivity contribution in [2.45, 2.75) is 20.4 Å². The Morgan fingerprint density at radius 2 is 2.12 bits per heavy atom. The van der Waals surface area contributed by atoms with Crippen molar-refractivity contribution in [1.29, 1.82) is 0 Å². The SMILES string of the molecule is CCNC(=O)c1coc(CN(CC)C(=O)c2cccc(OC)c2)n1. The van der Waals surface area contributed by atoms with Crippen LogP contribution in [0.5, 0.6) is 5.75 Å². The maximum absolute atomic E-state index is 12.6. The van der Waals surface area contributed by atoms with E-state index in [0.717, 1.165) is 0 Å². The second-order valence-electron chi connectivity index (χ2n) is 5.04. The summed E-state index contributed by atoms with van der Waals surface area (Å²) < 4.78 is 10.4. The second-order valence-corrected chi connectivity index (χ2v) is 5.04. The molecule has 0 aliphatic carbocycles. The van der Waals surface area contributed by atoms with Gasteiger partial charge in [-0.05, 0) is 32.0 Å². The zero-order chi connectivity index (χ0) is 17.5. The summed E-state index contributed by atoms with van der Waals surface area (Å²) in [6.45, 7) is 4.87. The lowest BCUT2D eigenvalue weighted by Gasteiger charge is -2.19. The number of nitrogens with one attached hydrogen (secondary N) is 1. The molecule has 7 heteroatoms. The van der Waals surface area contributed by atoms with Crippen molar-refractivity contribution in [2.75, 3.05) is 20.2 Å². The maximum atomic E-state index is 12.6. The van der Waals surface area contributed by atoms with Gasteiger partial charge in [-0.1, -0.05) is 6.07 Å². The van der Waals surface area contributed by atoms with Crippen LogP contribution in [-0.2, 0) is 6.54 Å². The molecule has 0 unspecified atom stereocenters. The number of oxazole rings is 1. The van der Waals surface area contributed by atoms with E-state index in [1.54, 1.807) is 36.3 Å². The smallest absolute Gasteiger partial charge is 0.273 e. The van der Waals surface area contributed by atoms with Gasteiger partial charge in [-0.25, -0.2) is 4.98 Å². The number of carbonyl (C=O) groups is 2. The molecule has 0 radical (unpaired) electrons. The van der Waals surface area contributed by atoms with Crippen molar-refractivity contribution in [2.24, 2.45) is 0 Å². The van der Waals surface area contributed by atoms with E-state index in [9.17, 15) is 9.59 Å². The zero-order valence-electron chi connectivity index (χ0n) is 14.0. The predicted octanol–water partition coefficient (Wildman–Crippen LogP) is 2.10. The van der Waals surface area contributed by atoms with Crippen LogP contribution in [0.3, 0.4) is 0 Å². The van der Waals surface area contributed by atoms with Crippen LogP contribution in [0.4, 0.5) is 0 Å². The first kappa shape index (κ1) is 17.5. The first-order chi connectivity index (χ1) is 11.6. The molecule has 2 aromatic rings. The Labute approximate surface area is 140 Å². The molecule has 0 aliphatic heterocycles. The highest BCUT2D eigenvalue weighted by atomic mass is 16.5. The summed E-state index contributed by atoms with van der Waals surface area (Å²) in [6, 6.07) is 6.95. The Bertz CT molecular complexity index is 711. The van der Waals surface area contributed by atoms with Crippen LogP contribution < -0.4 is 10.1 Å². The average Bonchev–Trinajstić information content (AvgIpc) is 3.08. The highest BCUT2D eigenvalue weighted by molar-refractivity contribution is 5.94. The third-order valence-electron chi connectivity index (χ3n) is 3.43. The topological polar surface area (TPSA) is 84.7 Å². The zero-order valence-corrected chi connectivity index (χ0v) is 14.0. The van der Waals surface area contributed by atoms with Gasteiger partial charge in [-0.15, -0.1) is 0 Å². The lowest BCUT2D eigenvalue weighted by Crippen LogP contribution is -2.30. The number of aromatic nitrogens is 1. The number of amides is 2. The number of nitrogens with zero attached hydrogens (tertiary/aromatic N) is 2. The Kier molecular flexibility index (Phi) is 5.95. The molecular weight excluding hydrogens is 310 g/mol. The standard InChI is InChI=1S/C17H21N3O4/c1-4-18-16(21)14-11-24-15(19-14)10-20(5-2)17(22)12-7-6-8-13(9-12)23-3/h6-9,11H,4-5,10H2,1-3H3,(H,18,21). The van der Waals surface area contributed by atoms with Crippen molar-refractivity contribution in [3.05, 3.63) is 47.7 Å². The minimum atomic E-state index is -0.297. The van der Waals surface area contributed by atoms with E-state index in [-0.39, 0.29) is 24.1 Å². The monoisotopic (exact) mass is 331 g/mol. The largest absolute Gasteiger partial charge is 0.497 e. The fraction of sp³-hybridized carbons (Fsp3) is 0.353. The summed E-state index contributed by atoms with van der Waals surface area (Å²) in [7, 11) is 1.55. The summed E-state index contributed by atoms with van der Waals surface area (Å²) in [5.41, 5.74) is 0.725. The van der Waals surface area contributed by atoms with E-state index in [1.807, 2.05) is 13.8 Å². The summed E-state index contributed by atoms with van der Waals surface area (Å²) in [4.78, 5) is 30.0. The van der Waals surface area contributed by atoms with Crippen molar-refractivity contribution < 1.29 is 18.7 Å². The van der Waals surface area contributed by atoms with Crippen LogP contribution in [0.15, 0.2) is 34.9 Å². The van der Waals surface area contributed by atoms with Gasteiger partial charge in [0.1, 0.15) is 12.0 Å². The number of carbonyl (C=O) groups excluding carboxylic acids is 2. The van der Waals surface area contributed by atoms with Crippen LogP contribution >= 0.6 is 0 Å². The molecule has 1 aromatic heterocycles. The van der Waals surface area contributed by atoms with E-state index in [2.05, 4.69) is 10.3 Å². The van der Waals surface area contributed by atoms with Crippen molar-refractivity contribution in [3.63, 3.8) is 0 Å². The molecule has 1 heterocycles. The fourth-order valence-corrected chi connectivity index (χ4v) is 2.17. The Balaban J connectivity index is 2.11. The molecule has 1 N–H and O–H groups in total. The Hall–Kier alpha value is -2.83. The third kappa shape index (κ3) is 4.13. The van der Waals surface area contributed by atoms with Gasteiger partial charge >= 0.3 is 0 Å². The van der Waals surface area contributed by atoms with Crippen LogP contribution in [-0.4, -0.2) is 41.9 Å². The molecular formula is C17H21N3O4. The molecule has 1 aromatic carbocycles. The number of ether oxygens (including phenoxy) is 1. The molecule has 128 valence electrons.